The summed E-state index contributed by atoms with van der Waals surface area (Å²) in [6, 6.07) is 12.2. The molecule has 80 valence electrons. The molecular formula is C14H9N3. The minimum Gasteiger partial charge on any atom is -0.284 e. The Morgan fingerprint density at radius 1 is 0.824 bits per heavy atom. The molecule has 0 N–H and O–H groups in total. The molecule has 4 aromatic rings. The van der Waals surface area contributed by atoms with Crippen LogP contribution in [0.1, 0.15) is 0 Å². The molecule has 1 aromatic carbocycles. The summed E-state index contributed by atoms with van der Waals surface area (Å²) in [7, 11) is 0. The van der Waals surface area contributed by atoms with Crippen molar-refractivity contribution in [2.75, 3.05) is 0 Å². The molecule has 0 bridgehead atoms. The van der Waals surface area contributed by atoms with Crippen LogP contribution in [0.5, 0.6) is 0 Å². The SMILES string of the molecule is c1ccc2c(c1)cn1c3ncccc3cnc21. The number of rotatable bonds is 0. The van der Waals surface area contributed by atoms with Crippen LogP contribution in [0.3, 0.4) is 0 Å². The molecule has 3 nitrogen and oxygen atoms in total. The average Bonchev–Trinajstić information content (AvgIpc) is 2.78. The van der Waals surface area contributed by atoms with Crippen molar-refractivity contribution in [2.45, 2.75) is 0 Å². The first kappa shape index (κ1) is 8.70. The molecule has 3 heteroatoms. The van der Waals surface area contributed by atoms with E-state index >= 15 is 0 Å². The molecule has 0 aliphatic carbocycles. The van der Waals surface area contributed by atoms with E-state index in [9.17, 15) is 0 Å². The summed E-state index contributed by atoms with van der Waals surface area (Å²) in [5, 5.41) is 3.42. The number of hydrogen-bond acceptors (Lipinski definition) is 2. The maximum Gasteiger partial charge on any atom is 0.147 e. The predicted octanol–water partition coefficient (Wildman–Crippen LogP) is 3.04. The zero-order valence-electron chi connectivity index (χ0n) is 9.04. The van der Waals surface area contributed by atoms with Gasteiger partial charge in [-0.2, -0.15) is 0 Å². The Morgan fingerprint density at radius 3 is 2.71 bits per heavy atom. The molecule has 0 unspecified atom stereocenters. The van der Waals surface area contributed by atoms with Crippen LogP contribution in [0.15, 0.2) is 55.0 Å². The first-order chi connectivity index (χ1) is 8.43. The van der Waals surface area contributed by atoms with Gasteiger partial charge < -0.3 is 0 Å². The smallest absolute Gasteiger partial charge is 0.147 e. The van der Waals surface area contributed by atoms with Crippen molar-refractivity contribution >= 4 is 27.5 Å². The lowest BCUT2D eigenvalue weighted by Gasteiger charge is -1.99. The summed E-state index contributed by atoms with van der Waals surface area (Å²) >= 11 is 0. The van der Waals surface area contributed by atoms with Gasteiger partial charge in [-0.05, 0) is 12.1 Å². The second kappa shape index (κ2) is 3.04. The van der Waals surface area contributed by atoms with E-state index < -0.39 is 0 Å². The number of benzene rings is 1. The van der Waals surface area contributed by atoms with Gasteiger partial charge in [0.25, 0.3) is 0 Å². The number of fused-ring (bicyclic) bond motifs is 5. The Bertz CT molecular complexity index is 846. The van der Waals surface area contributed by atoms with Crippen LogP contribution in [0, 0.1) is 0 Å². The minimum atomic E-state index is 0.953. The summed E-state index contributed by atoms with van der Waals surface area (Å²) in [6.07, 6.45) is 5.78. The van der Waals surface area contributed by atoms with Crippen LogP contribution < -0.4 is 0 Å². The summed E-state index contributed by atoms with van der Waals surface area (Å²) in [4.78, 5) is 8.95. The Labute approximate surface area is 97.4 Å². The van der Waals surface area contributed by atoms with E-state index in [1.807, 2.05) is 36.7 Å². The zero-order chi connectivity index (χ0) is 11.2. The molecule has 3 heterocycles. The third-order valence-electron chi connectivity index (χ3n) is 3.07. The fourth-order valence-corrected chi connectivity index (χ4v) is 2.28. The molecule has 0 atom stereocenters. The van der Waals surface area contributed by atoms with E-state index in [0.29, 0.717) is 0 Å². The van der Waals surface area contributed by atoms with Gasteiger partial charge in [-0.3, -0.25) is 4.40 Å². The van der Waals surface area contributed by atoms with Gasteiger partial charge in [0.1, 0.15) is 11.3 Å². The lowest BCUT2D eigenvalue weighted by molar-refractivity contribution is 1.15. The van der Waals surface area contributed by atoms with Crippen LogP contribution in [0.2, 0.25) is 0 Å². The Morgan fingerprint density at radius 2 is 1.71 bits per heavy atom. The number of aromatic nitrogens is 3. The second-order valence-electron chi connectivity index (χ2n) is 4.08. The monoisotopic (exact) mass is 219 g/mol. The third-order valence-corrected chi connectivity index (χ3v) is 3.07. The van der Waals surface area contributed by atoms with E-state index in [1.165, 1.54) is 10.8 Å². The highest BCUT2D eigenvalue weighted by Crippen LogP contribution is 2.23. The van der Waals surface area contributed by atoms with Gasteiger partial charge in [-0.25, -0.2) is 9.97 Å². The molecule has 0 fully saturated rings. The van der Waals surface area contributed by atoms with E-state index in [4.69, 9.17) is 0 Å². The van der Waals surface area contributed by atoms with Gasteiger partial charge in [0.2, 0.25) is 0 Å². The van der Waals surface area contributed by atoms with Gasteiger partial charge in [-0.15, -0.1) is 0 Å². The first-order valence-corrected chi connectivity index (χ1v) is 5.53. The van der Waals surface area contributed by atoms with Crippen LogP contribution in [0.4, 0.5) is 0 Å². The fourth-order valence-electron chi connectivity index (χ4n) is 2.28. The third kappa shape index (κ3) is 1.11. The summed E-state index contributed by atoms with van der Waals surface area (Å²) in [6.45, 7) is 0. The maximum absolute atomic E-state index is 4.52. The minimum absolute atomic E-state index is 0.953. The second-order valence-corrected chi connectivity index (χ2v) is 4.08. The highest BCUT2D eigenvalue weighted by Gasteiger charge is 2.06. The largest absolute Gasteiger partial charge is 0.284 e. The van der Waals surface area contributed by atoms with Crippen LogP contribution in [-0.4, -0.2) is 14.4 Å². The van der Waals surface area contributed by atoms with Gasteiger partial charge in [-0.1, -0.05) is 24.3 Å². The Kier molecular flexibility index (Phi) is 1.56. The Hall–Kier alpha value is -2.42. The van der Waals surface area contributed by atoms with Crippen molar-refractivity contribution in [1.82, 2.24) is 14.4 Å². The van der Waals surface area contributed by atoms with Gasteiger partial charge in [0.15, 0.2) is 0 Å². The van der Waals surface area contributed by atoms with E-state index in [2.05, 4.69) is 32.7 Å². The lowest BCUT2D eigenvalue weighted by atomic mass is 10.2. The fraction of sp³-hybridized carbons (Fsp3) is 0. The van der Waals surface area contributed by atoms with E-state index in [0.717, 1.165) is 16.7 Å². The van der Waals surface area contributed by atoms with Gasteiger partial charge in [0.05, 0.1) is 0 Å². The lowest BCUT2D eigenvalue weighted by Crippen LogP contribution is -1.91. The Balaban J connectivity index is 2.34. The quantitative estimate of drug-likeness (QED) is 0.455. The van der Waals surface area contributed by atoms with E-state index in [-0.39, 0.29) is 0 Å². The first-order valence-electron chi connectivity index (χ1n) is 5.53. The van der Waals surface area contributed by atoms with Gasteiger partial charge in [0, 0.05) is 34.7 Å². The number of nitrogens with zero attached hydrogens (tertiary/aromatic N) is 3. The molecular weight excluding hydrogens is 210 g/mol. The maximum atomic E-state index is 4.52. The van der Waals surface area contributed by atoms with Crippen LogP contribution in [0.25, 0.3) is 27.5 Å². The van der Waals surface area contributed by atoms with E-state index in [1.54, 1.807) is 0 Å². The molecule has 0 radical (unpaired) electrons. The van der Waals surface area contributed by atoms with Crippen LogP contribution in [-0.2, 0) is 0 Å². The molecule has 0 saturated carbocycles. The molecule has 0 aliphatic rings. The molecule has 17 heavy (non-hydrogen) atoms. The highest BCUT2D eigenvalue weighted by atomic mass is 15.0. The zero-order valence-corrected chi connectivity index (χ0v) is 9.04. The van der Waals surface area contributed by atoms with Crippen molar-refractivity contribution in [1.29, 1.82) is 0 Å². The number of hydrogen-bond donors (Lipinski definition) is 0. The molecule has 0 spiro atoms. The standard InChI is InChI=1S/C14H9N3/c1-2-6-12-11(4-1)9-17-13-10(5-3-7-15-13)8-16-14(12)17/h1-9H. The predicted molar refractivity (Wildman–Crippen MR) is 68.0 cm³/mol. The highest BCUT2D eigenvalue weighted by molar-refractivity contribution is 5.97. The number of pyridine rings is 1. The molecule has 3 aromatic heterocycles. The summed E-state index contributed by atoms with van der Waals surface area (Å²) in [5.74, 6) is 0. The van der Waals surface area contributed by atoms with Crippen molar-refractivity contribution in [3.63, 3.8) is 0 Å². The summed E-state index contributed by atoms with van der Waals surface area (Å²) < 4.78 is 2.06. The molecule has 4 rings (SSSR count). The normalized spacial score (nSPS) is 11.5. The molecule has 0 amide bonds. The molecule has 0 saturated heterocycles. The van der Waals surface area contributed by atoms with Crippen molar-refractivity contribution < 1.29 is 0 Å². The van der Waals surface area contributed by atoms with Crippen molar-refractivity contribution in [3.05, 3.63) is 55.0 Å². The van der Waals surface area contributed by atoms with Crippen molar-refractivity contribution in [2.24, 2.45) is 0 Å². The van der Waals surface area contributed by atoms with Crippen molar-refractivity contribution in [3.8, 4) is 0 Å². The topological polar surface area (TPSA) is 30.2 Å². The van der Waals surface area contributed by atoms with Crippen LogP contribution >= 0.6 is 0 Å². The molecule has 0 aliphatic heterocycles. The summed E-state index contributed by atoms with van der Waals surface area (Å²) in [5.41, 5.74) is 1.92. The average molecular weight is 219 g/mol. The van der Waals surface area contributed by atoms with Gasteiger partial charge >= 0.3 is 0 Å².